The summed E-state index contributed by atoms with van der Waals surface area (Å²) in [5.41, 5.74) is 3.59. The number of methoxy groups -OCH3 is 1. The van der Waals surface area contributed by atoms with Crippen LogP contribution in [0.5, 0.6) is 5.75 Å². The van der Waals surface area contributed by atoms with Gasteiger partial charge in [0.15, 0.2) is 0 Å². The molecule has 0 radical (unpaired) electrons. The highest BCUT2D eigenvalue weighted by Crippen LogP contribution is 2.28. The minimum absolute atomic E-state index is 0.239. The highest BCUT2D eigenvalue weighted by atomic mass is 35.5. The van der Waals surface area contributed by atoms with Crippen LogP contribution in [0.4, 0.5) is 11.4 Å². The van der Waals surface area contributed by atoms with Crippen molar-refractivity contribution in [3.05, 3.63) is 59.2 Å². The molecule has 27 heavy (non-hydrogen) atoms. The van der Waals surface area contributed by atoms with Gasteiger partial charge in [-0.25, -0.2) is 0 Å². The number of carbonyl (C=O) groups is 1. The van der Waals surface area contributed by atoms with Crippen molar-refractivity contribution >= 4 is 28.9 Å². The predicted molar refractivity (Wildman–Crippen MR) is 109 cm³/mol. The van der Waals surface area contributed by atoms with Crippen molar-refractivity contribution in [2.24, 2.45) is 7.05 Å². The van der Waals surface area contributed by atoms with Crippen LogP contribution < -0.4 is 15.0 Å². The summed E-state index contributed by atoms with van der Waals surface area (Å²) in [5.74, 6) is 0.531. The molecule has 140 valence electrons. The molecule has 0 saturated heterocycles. The topological polar surface area (TPSA) is 59.4 Å². The Morgan fingerprint density at radius 2 is 1.85 bits per heavy atom. The molecular formula is C20H21ClN4O2. The Hall–Kier alpha value is -2.99. The van der Waals surface area contributed by atoms with Gasteiger partial charge in [-0.1, -0.05) is 11.6 Å². The number of benzene rings is 2. The van der Waals surface area contributed by atoms with Crippen LogP contribution in [0.25, 0.3) is 11.3 Å². The fraction of sp³-hybridized carbons (Fsp3) is 0.200. The molecule has 0 aliphatic rings. The molecule has 0 fully saturated rings. The van der Waals surface area contributed by atoms with Crippen molar-refractivity contribution in [1.82, 2.24) is 9.78 Å². The molecule has 6 nitrogen and oxygen atoms in total. The molecule has 0 atom stereocenters. The lowest BCUT2D eigenvalue weighted by molar-refractivity contribution is 0.101. The lowest BCUT2D eigenvalue weighted by Gasteiger charge is -2.16. The Bertz CT molecular complexity index is 965. The first-order chi connectivity index (χ1) is 12.9. The number of rotatable bonds is 5. The van der Waals surface area contributed by atoms with Gasteiger partial charge < -0.3 is 15.0 Å². The van der Waals surface area contributed by atoms with Gasteiger partial charge in [0, 0.05) is 32.4 Å². The Balaban J connectivity index is 1.83. The largest absolute Gasteiger partial charge is 0.497 e. The molecule has 0 aliphatic carbocycles. The first-order valence-corrected chi connectivity index (χ1v) is 8.73. The smallest absolute Gasteiger partial charge is 0.273 e. The summed E-state index contributed by atoms with van der Waals surface area (Å²) < 4.78 is 6.74. The zero-order valence-corrected chi connectivity index (χ0v) is 16.4. The lowest BCUT2D eigenvalue weighted by Crippen LogP contribution is -2.16. The molecule has 0 spiro atoms. The zero-order chi connectivity index (χ0) is 19.6. The quantitative estimate of drug-likeness (QED) is 0.720. The SMILES string of the molecule is COc1ccc(-c2cc(C(=O)Nc3ccc(Cl)c(N(C)C)c3)n(C)n2)cc1. The van der Waals surface area contributed by atoms with E-state index in [-0.39, 0.29) is 5.91 Å². The Kier molecular flexibility index (Phi) is 5.37. The van der Waals surface area contributed by atoms with Crippen LogP contribution in [-0.2, 0) is 7.05 Å². The lowest BCUT2D eigenvalue weighted by atomic mass is 10.1. The summed E-state index contributed by atoms with van der Waals surface area (Å²) in [6, 6.07) is 14.7. The summed E-state index contributed by atoms with van der Waals surface area (Å²) in [4.78, 5) is 14.6. The van der Waals surface area contributed by atoms with E-state index >= 15 is 0 Å². The Morgan fingerprint density at radius 1 is 1.15 bits per heavy atom. The van der Waals surface area contributed by atoms with Crippen molar-refractivity contribution in [3.8, 4) is 17.0 Å². The number of ether oxygens (including phenoxy) is 1. The van der Waals surface area contributed by atoms with E-state index in [1.165, 1.54) is 0 Å². The first kappa shape index (κ1) is 18.8. The number of carbonyl (C=O) groups excluding carboxylic acids is 1. The summed E-state index contributed by atoms with van der Waals surface area (Å²) in [7, 11) is 7.16. The van der Waals surface area contributed by atoms with Crippen LogP contribution in [0.2, 0.25) is 5.02 Å². The van der Waals surface area contributed by atoms with Crippen LogP contribution in [0, 0.1) is 0 Å². The van der Waals surface area contributed by atoms with E-state index in [2.05, 4.69) is 10.4 Å². The van der Waals surface area contributed by atoms with E-state index in [1.807, 2.05) is 49.3 Å². The monoisotopic (exact) mass is 384 g/mol. The minimum atomic E-state index is -0.239. The third kappa shape index (κ3) is 4.06. The average Bonchev–Trinajstić information content (AvgIpc) is 3.05. The Morgan fingerprint density at radius 3 is 2.48 bits per heavy atom. The van der Waals surface area contributed by atoms with Crippen LogP contribution >= 0.6 is 11.6 Å². The summed E-state index contributed by atoms with van der Waals surface area (Å²) in [6.45, 7) is 0. The van der Waals surface area contributed by atoms with Crippen molar-refractivity contribution in [2.45, 2.75) is 0 Å². The summed E-state index contributed by atoms with van der Waals surface area (Å²) in [5, 5.41) is 7.97. The molecule has 1 N–H and O–H groups in total. The second kappa shape index (κ2) is 7.72. The van der Waals surface area contributed by atoms with Crippen molar-refractivity contribution in [3.63, 3.8) is 0 Å². The van der Waals surface area contributed by atoms with Crippen molar-refractivity contribution < 1.29 is 9.53 Å². The van der Waals surface area contributed by atoms with Gasteiger partial charge >= 0.3 is 0 Å². The van der Waals surface area contributed by atoms with Gasteiger partial charge in [-0.3, -0.25) is 9.48 Å². The zero-order valence-electron chi connectivity index (χ0n) is 15.7. The second-order valence-corrected chi connectivity index (χ2v) is 6.69. The van der Waals surface area contributed by atoms with Gasteiger partial charge in [-0.15, -0.1) is 0 Å². The number of anilines is 2. The normalized spacial score (nSPS) is 10.6. The van der Waals surface area contributed by atoms with Gasteiger partial charge in [0.05, 0.1) is 23.5 Å². The number of hydrogen-bond donors (Lipinski definition) is 1. The highest BCUT2D eigenvalue weighted by Gasteiger charge is 2.15. The number of hydrogen-bond acceptors (Lipinski definition) is 4. The van der Waals surface area contributed by atoms with Crippen LogP contribution in [0.3, 0.4) is 0 Å². The molecule has 2 aromatic carbocycles. The average molecular weight is 385 g/mol. The molecule has 0 bridgehead atoms. The minimum Gasteiger partial charge on any atom is -0.497 e. The summed E-state index contributed by atoms with van der Waals surface area (Å²) >= 11 is 6.19. The van der Waals surface area contributed by atoms with Crippen molar-refractivity contribution in [1.29, 1.82) is 0 Å². The van der Waals surface area contributed by atoms with E-state index in [4.69, 9.17) is 16.3 Å². The maximum atomic E-state index is 12.7. The number of halogens is 1. The van der Waals surface area contributed by atoms with Gasteiger partial charge in [0.2, 0.25) is 0 Å². The number of amides is 1. The summed E-state index contributed by atoms with van der Waals surface area (Å²) in [6.07, 6.45) is 0. The molecule has 0 aliphatic heterocycles. The van der Waals surface area contributed by atoms with Gasteiger partial charge in [0.25, 0.3) is 5.91 Å². The molecule has 1 amide bonds. The third-order valence-corrected chi connectivity index (χ3v) is 4.50. The molecule has 0 saturated carbocycles. The van der Waals surface area contributed by atoms with Gasteiger partial charge in [-0.05, 0) is 48.5 Å². The predicted octanol–water partition coefficient (Wildman–Crippen LogP) is 4.07. The van der Waals surface area contributed by atoms with Crippen LogP contribution in [-0.4, -0.2) is 36.9 Å². The maximum absolute atomic E-state index is 12.7. The number of nitrogens with zero attached hydrogens (tertiary/aromatic N) is 3. The van der Waals surface area contributed by atoms with E-state index in [0.717, 1.165) is 22.7 Å². The third-order valence-electron chi connectivity index (χ3n) is 4.18. The van der Waals surface area contributed by atoms with Gasteiger partial charge in [-0.2, -0.15) is 5.10 Å². The molecule has 3 rings (SSSR count). The van der Waals surface area contributed by atoms with E-state index in [0.29, 0.717) is 16.4 Å². The van der Waals surface area contributed by atoms with E-state index in [9.17, 15) is 4.79 Å². The second-order valence-electron chi connectivity index (χ2n) is 6.28. The molecule has 1 heterocycles. The molecule has 3 aromatic rings. The van der Waals surface area contributed by atoms with E-state index in [1.54, 1.807) is 37.0 Å². The van der Waals surface area contributed by atoms with E-state index < -0.39 is 0 Å². The fourth-order valence-corrected chi connectivity index (χ4v) is 3.00. The molecule has 1 aromatic heterocycles. The number of aromatic nitrogens is 2. The number of aryl methyl sites for hydroxylation is 1. The fourth-order valence-electron chi connectivity index (χ4n) is 2.71. The standard InChI is InChI=1S/C20H21ClN4O2/c1-24(2)18-11-14(7-10-16(18)21)22-20(26)19-12-17(23-25(19)3)13-5-8-15(27-4)9-6-13/h5-12H,1-4H3,(H,22,26). The van der Waals surface area contributed by atoms with Crippen LogP contribution in [0.15, 0.2) is 48.5 Å². The van der Waals surface area contributed by atoms with Crippen LogP contribution in [0.1, 0.15) is 10.5 Å². The molecule has 7 heteroatoms. The van der Waals surface area contributed by atoms with Crippen molar-refractivity contribution in [2.75, 3.05) is 31.4 Å². The molecule has 0 unspecified atom stereocenters. The first-order valence-electron chi connectivity index (χ1n) is 8.35. The van der Waals surface area contributed by atoms with Gasteiger partial charge in [0.1, 0.15) is 11.4 Å². The highest BCUT2D eigenvalue weighted by molar-refractivity contribution is 6.33. The molecular weight excluding hydrogens is 364 g/mol. The Labute approximate surface area is 163 Å². The maximum Gasteiger partial charge on any atom is 0.273 e. The number of nitrogens with one attached hydrogen (secondary N) is 1.